The minimum Gasteiger partial charge on any atom is -0.507 e. The van der Waals surface area contributed by atoms with E-state index in [1.54, 1.807) is 29.2 Å². The summed E-state index contributed by atoms with van der Waals surface area (Å²) in [6, 6.07) is 5.74. The van der Waals surface area contributed by atoms with Crippen LogP contribution < -0.4 is 0 Å². The van der Waals surface area contributed by atoms with Crippen molar-refractivity contribution in [2.24, 2.45) is 0 Å². The Hall–Kier alpha value is -0.380. The molecular weight excluding hydrogens is 236 g/mol. The van der Waals surface area contributed by atoms with E-state index in [2.05, 4.69) is 6.07 Å². The summed E-state index contributed by atoms with van der Waals surface area (Å²) < 4.78 is 1.13. The lowest BCUT2D eigenvalue weighted by molar-refractivity contribution is 0.464. The summed E-state index contributed by atoms with van der Waals surface area (Å²) in [6.07, 6.45) is 1.97. The predicted octanol–water partition coefficient (Wildman–Crippen LogP) is 4.07. The average Bonchev–Trinajstić information content (AvgIpc) is 2.60. The van der Waals surface area contributed by atoms with Crippen LogP contribution in [-0.4, -0.2) is 11.4 Å². The molecule has 0 amide bonds. The molecule has 1 aromatic carbocycles. The number of halogens is 1. The van der Waals surface area contributed by atoms with E-state index in [-0.39, 0.29) is 0 Å². The number of hydrogen-bond acceptors (Lipinski definition) is 3. The summed E-state index contributed by atoms with van der Waals surface area (Å²) in [5.74, 6) is 0.890. The lowest BCUT2D eigenvalue weighted by atomic mass is 10.2. The molecule has 1 aromatic heterocycles. The molecule has 0 atom stereocenters. The van der Waals surface area contributed by atoms with Crippen molar-refractivity contribution in [1.29, 1.82) is 0 Å². The Morgan fingerprint density at radius 2 is 2.29 bits per heavy atom. The molecule has 0 saturated heterocycles. The summed E-state index contributed by atoms with van der Waals surface area (Å²) in [4.78, 5) is 2.09. The third-order valence-electron chi connectivity index (χ3n) is 2.01. The fourth-order valence-electron chi connectivity index (χ4n) is 1.38. The summed E-state index contributed by atoms with van der Waals surface area (Å²) in [5, 5.41) is 10.8. The van der Waals surface area contributed by atoms with E-state index < -0.39 is 0 Å². The van der Waals surface area contributed by atoms with Crippen molar-refractivity contribution in [3.8, 4) is 5.75 Å². The van der Waals surface area contributed by atoms with Crippen LogP contribution in [0.5, 0.6) is 5.75 Å². The van der Waals surface area contributed by atoms with E-state index in [1.165, 1.54) is 0 Å². The van der Waals surface area contributed by atoms with Gasteiger partial charge in [0.15, 0.2) is 0 Å². The van der Waals surface area contributed by atoms with E-state index in [0.717, 1.165) is 19.9 Å². The Labute approximate surface area is 95.7 Å². The van der Waals surface area contributed by atoms with Crippen LogP contribution in [0, 0.1) is 0 Å². The number of benzene rings is 1. The molecule has 1 nitrogen and oxygen atoms in total. The number of thiophene rings is 1. The SMILES string of the molecule is CSc1c(O)ccc2cc(CCl)sc12. The fraction of sp³-hybridized carbons (Fsp3) is 0.200. The van der Waals surface area contributed by atoms with Gasteiger partial charge in [0, 0.05) is 4.88 Å². The monoisotopic (exact) mass is 244 g/mol. The molecule has 0 unspecified atom stereocenters. The second kappa shape index (κ2) is 4.01. The van der Waals surface area contributed by atoms with Gasteiger partial charge in [0.2, 0.25) is 0 Å². The number of phenolic OH excluding ortho intramolecular Hbond substituents is 1. The molecule has 74 valence electrons. The summed E-state index contributed by atoms with van der Waals surface area (Å²) in [5.41, 5.74) is 0. The van der Waals surface area contributed by atoms with E-state index >= 15 is 0 Å². The van der Waals surface area contributed by atoms with Crippen LogP contribution in [-0.2, 0) is 5.88 Å². The lowest BCUT2D eigenvalue weighted by Gasteiger charge is -2.01. The van der Waals surface area contributed by atoms with Gasteiger partial charge in [-0.15, -0.1) is 34.7 Å². The molecule has 2 rings (SSSR count). The van der Waals surface area contributed by atoms with E-state index in [1.807, 2.05) is 12.3 Å². The highest BCUT2D eigenvalue weighted by atomic mass is 35.5. The maximum atomic E-state index is 9.64. The quantitative estimate of drug-likeness (QED) is 0.635. The number of alkyl halides is 1. The van der Waals surface area contributed by atoms with Gasteiger partial charge in [-0.1, -0.05) is 0 Å². The van der Waals surface area contributed by atoms with Gasteiger partial charge in [-0.3, -0.25) is 0 Å². The van der Waals surface area contributed by atoms with Gasteiger partial charge in [-0.2, -0.15) is 0 Å². The zero-order valence-electron chi connectivity index (χ0n) is 7.58. The van der Waals surface area contributed by atoms with Crippen molar-refractivity contribution in [2.45, 2.75) is 10.8 Å². The van der Waals surface area contributed by atoms with Crippen molar-refractivity contribution in [1.82, 2.24) is 0 Å². The summed E-state index contributed by atoms with van der Waals surface area (Å²) in [7, 11) is 0. The molecule has 0 saturated carbocycles. The molecule has 0 radical (unpaired) electrons. The lowest BCUT2D eigenvalue weighted by Crippen LogP contribution is -1.72. The highest BCUT2D eigenvalue weighted by Gasteiger charge is 2.09. The summed E-state index contributed by atoms with van der Waals surface area (Å²) >= 11 is 8.99. The topological polar surface area (TPSA) is 20.2 Å². The standard InChI is InChI=1S/C10H9ClOS2/c1-13-10-8(12)3-2-6-4-7(5-11)14-9(6)10/h2-4,12H,5H2,1H3. The Bertz CT molecular complexity index is 464. The molecule has 4 heteroatoms. The first-order valence-electron chi connectivity index (χ1n) is 4.10. The molecule has 1 heterocycles. The molecule has 0 aliphatic carbocycles. The van der Waals surface area contributed by atoms with Crippen molar-refractivity contribution < 1.29 is 5.11 Å². The normalized spacial score (nSPS) is 11.0. The van der Waals surface area contributed by atoms with Crippen LogP contribution in [0.15, 0.2) is 23.1 Å². The zero-order valence-corrected chi connectivity index (χ0v) is 9.97. The van der Waals surface area contributed by atoms with Crippen LogP contribution in [0.3, 0.4) is 0 Å². The zero-order chi connectivity index (χ0) is 10.1. The van der Waals surface area contributed by atoms with E-state index in [9.17, 15) is 5.11 Å². The van der Waals surface area contributed by atoms with Crippen molar-refractivity contribution in [3.63, 3.8) is 0 Å². The number of thioether (sulfide) groups is 1. The van der Waals surface area contributed by atoms with Gasteiger partial charge in [0.05, 0.1) is 15.5 Å². The predicted molar refractivity (Wildman–Crippen MR) is 64.8 cm³/mol. The molecule has 0 aliphatic heterocycles. The van der Waals surface area contributed by atoms with Crippen LogP contribution in [0.4, 0.5) is 0 Å². The van der Waals surface area contributed by atoms with Crippen LogP contribution in [0.2, 0.25) is 0 Å². The van der Waals surface area contributed by atoms with Crippen LogP contribution in [0.25, 0.3) is 10.1 Å². The van der Waals surface area contributed by atoms with Gasteiger partial charge < -0.3 is 5.11 Å². The van der Waals surface area contributed by atoms with Crippen molar-refractivity contribution >= 4 is 44.8 Å². The number of aromatic hydroxyl groups is 1. The Balaban J connectivity index is 2.73. The number of hydrogen-bond donors (Lipinski definition) is 1. The minimum absolute atomic E-state index is 0.355. The first-order valence-corrected chi connectivity index (χ1v) is 6.68. The Morgan fingerprint density at radius 3 is 2.93 bits per heavy atom. The van der Waals surface area contributed by atoms with Crippen molar-refractivity contribution in [2.75, 3.05) is 6.26 Å². The van der Waals surface area contributed by atoms with Gasteiger partial charge in [-0.05, 0) is 29.8 Å². The largest absolute Gasteiger partial charge is 0.507 e. The van der Waals surface area contributed by atoms with Crippen LogP contribution >= 0.6 is 34.7 Å². The molecule has 14 heavy (non-hydrogen) atoms. The molecule has 2 aromatic rings. The van der Waals surface area contributed by atoms with E-state index in [0.29, 0.717) is 11.6 Å². The third-order valence-corrected chi connectivity index (χ3v) is 4.57. The molecule has 0 aliphatic rings. The number of fused-ring (bicyclic) bond motifs is 1. The van der Waals surface area contributed by atoms with Gasteiger partial charge in [0.25, 0.3) is 0 Å². The molecule has 0 fully saturated rings. The minimum atomic E-state index is 0.355. The van der Waals surface area contributed by atoms with Crippen LogP contribution in [0.1, 0.15) is 4.88 Å². The highest BCUT2D eigenvalue weighted by Crippen LogP contribution is 2.39. The first-order chi connectivity index (χ1) is 6.76. The Kier molecular flexibility index (Phi) is 2.91. The molecular formula is C10H9ClOS2. The maximum Gasteiger partial charge on any atom is 0.130 e. The maximum absolute atomic E-state index is 9.64. The second-order valence-corrected chi connectivity index (χ2v) is 5.10. The smallest absolute Gasteiger partial charge is 0.130 e. The average molecular weight is 245 g/mol. The van der Waals surface area contributed by atoms with E-state index in [4.69, 9.17) is 11.6 Å². The summed E-state index contributed by atoms with van der Waals surface area (Å²) in [6.45, 7) is 0. The fourth-order valence-corrected chi connectivity index (χ4v) is 3.52. The number of phenols is 1. The van der Waals surface area contributed by atoms with Gasteiger partial charge >= 0.3 is 0 Å². The highest BCUT2D eigenvalue weighted by molar-refractivity contribution is 7.99. The second-order valence-electron chi connectivity index (χ2n) is 2.88. The molecule has 1 N–H and O–H groups in total. The van der Waals surface area contributed by atoms with Crippen molar-refractivity contribution in [3.05, 3.63) is 23.1 Å². The number of rotatable bonds is 2. The van der Waals surface area contributed by atoms with Gasteiger partial charge in [0.1, 0.15) is 5.75 Å². The first kappa shape index (κ1) is 10.1. The molecule has 0 spiro atoms. The third kappa shape index (κ3) is 1.60. The van der Waals surface area contributed by atoms with Gasteiger partial charge in [-0.25, -0.2) is 0 Å². The Morgan fingerprint density at radius 1 is 1.50 bits per heavy atom. The molecule has 0 bridgehead atoms.